The van der Waals surface area contributed by atoms with Crippen LogP contribution in [0.5, 0.6) is 0 Å². The maximum absolute atomic E-state index is 2.21. The van der Waals surface area contributed by atoms with Gasteiger partial charge < -0.3 is 0 Å². The van der Waals surface area contributed by atoms with Crippen LogP contribution in [-0.2, 0) is 0 Å². The van der Waals surface area contributed by atoms with Gasteiger partial charge in [0.05, 0.1) is 0 Å². The van der Waals surface area contributed by atoms with E-state index in [1.165, 1.54) is 41.8 Å². The zero-order valence-corrected chi connectivity index (χ0v) is 32.4. The maximum Gasteiger partial charge on any atom is 0.00747 e. The molecular formula is C40H56S4. The number of benzene rings is 4. The first-order valence-electron chi connectivity index (χ1n) is 15.7. The van der Waals surface area contributed by atoms with Crippen LogP contribution in [0.3, 0.4) is 0 Å². The van der Waals surface area contributed by atoms with Crippen molar-refractivity contribution in [3.8, 4) is 0 Å². The summed E-state index contributed by atoms with van der Waals surface area (Å²) in [6, 6.07) is 34.7. The van der Waals surface area contributed by atoms with Crippen molar-refractivity contribution < 1.29 is 0 Å². The summed E-state index contributed by atoms with van der Waals surface area (Å²) in [5.41, 5.74) is 5.33. The molecule has 0 saturated carbocycles. The Kier molecular flexibility index (Phi) is 20.8. The second-order valence-corrected chi connectivity index (χ2v) is 18.5. The Bertz CT molecular complexity index is 1050. The fourth-order valence-corrected chi connectivity index (χ4v) is 6.91. The monoisotopic (exact) mass is 664 g/mol. The summed E-state index contributed by atoms with van der Waals surface area (Å²) in [4.78, 5) is 5.47. The highest BCUT2D eigenvalue weighted by molar-refractivity contribution is 8.00. The zero-order chi connectivity index (χ0) is 33.1. The van der Waals surface area contributed by atoms with Gasteiger partial charge in [-0.25, -0.2) is 0 Å². The molecule has 4 rings (SSSR count). The SMILES string of the molecule is Cc1ccc(SC(C)C)cc1.Cc1ccc(SC(C)C)cc1.Cc1ccc(SC(C)C)cc1.Cc1ccc(SC(C)C)cc1. The predicted molar refractivity (Wildman–Crippen MR) is 209 cm³/mol. The van der Waals surface area contributed by atoms with Gasteiger partial charge >= 0.3 is 0 Å². The third-order valence-corrected chi connectivity index (χ3v) is 9.63. The van der Waals surface area contributed by atoms with E-state index in [2.05, 4.69) is 180 Å². The van der Waals surface area contributed by atoms with Crippen molar-refractivity contribution in [2.45, 2.75) is 124 Å². The van der Waals surface area contributed by atoms with Gasteiger partial charge in [0.25, 0.3) is 0 Å². The van der Waals surface area contributed by atoms with E-state index in [1.807, 2.05) is 47.0 Å². The highest BCUT2D eigenvalue weighted by Gasteiger charge is 1.98. The number of hydrogen-bond donors (Lipinski definition) is 0. The average molecular weight is 665 g/mol. The van der Waals surface area contributed by atoms with E-state index in [9.17, 15) is 0 Å². The Morgan fingerprint density at radius 2 is 0.409 bits per heavy atom. The van der Waals surface area contributed by atoms with Crippen LogP contribution in [0.1, 0.15) is 77.6 Å². The van der Waals surface area contributed by atoms with Crippen molar-refractivity contribution in [1.82, 2.24) is 0 Å². The second kappa shape index (κ2) is 22.7. The van der Waals surface area contributed by atoms with Crippen LogP contribution in [0.2, 0.25) is 0 Å². The lowest BCUT2D eigenvalue weighted by atomic mass is 10.2. The van der Waals surface area contributed by atoms with Crippen LogP contribution in [0, 0.1) is 27.7 Å². The Hall–Kier alpha value is -1.72. The Morgan fingerprint density at radius 3 is 0.523 bits per heavy atom. The number of thioether (sulfide) groups is 4. The van der Waals surface area contributed by atoms with Gasteiger partial charge in [-0.05, 0) is 76.2 Å². The first-order valence-corrected chi connectivity index (χ1v) is 19.2. The minimum atomic E-state index is 0.678. The molecule has 0 amide bonds. The Balaban J connectivity index is 0.000000293. The van der Waals surface area contributed by atoms with E-state index in [0.717, 1.165) is 0 Å². The van der Waals surface area contributed by atoms with Gasteiger partial charge in [-0.3, -0.25) is 0 Å². The molecule has 0 spiro atoms. The van der Waals surface area contributed by atoms with Crippen LogP contribution >= 0.6 is 47.0 Å². The number of rotatable bonds is 8. The highest BCUT2D eigenvalue weighted by atomic mass is 32.2. The summed E-state index contributed by atoms with van der Waals surface area (Å²) < 4.78 is 0. The molecule has 0 radical (unpaired) electrons. The lowest BCUT2D eigenvalue weighted by Gasteiger charge is -2.03. The number of aryl methyl sites for hydroxylation is 4. The van der Waals surface area contributed by atoms with Gasteiger partial charge in [0.1, 0.15) is 0 Å². The fraction of sp³-hybridized carbons (Fsp3) is 0.400. The summed E-state index contributed by atoms with van der Waals surface area (Å²) in [6.45, 7) is 26.2. The molecule has 0 atom stereocenters. The smallest absolute Gasteiger partial charge is 0.00747 e. The third kappa shape index (κ3) is 21.1. The van der Waals surface area contributed by atoms with Gasteiger partial charge in [0.2, 0.25) is 0 Å². The van der Waals surface area contributed by atoms with Gasteiger partial charge in [-0.1, -0.05) is 126 Å². The number of hydrogen-bond acceptors (Lipinski definition) is 4. The standard InChI is InChI=1S/4C10H14S/c4*1-8(2)11-10-6-4-9(3)5-7-10/h4*4-8H,1-3H3. The summed E-state index contributed by atoms with van der Waals surface area (Å²) in [7, 11) is 0. The topological polar surface area (TPSA) is 0 Å². The molecule has 0 aliphatic rings. The molecule has 0 heterocycles. The van der Waals surface area contributed by atoms with Crippen LogP contribution in [-0.4, -0.2) is 21.0 Å². The highest BCUT2D eigenvalue weighted by Crippen LogP contribution is 2.24. The average Bonchev–Trinajstić information content (AvgIpc) is 2.94. The minimum absolute atomic E-state index is 0.678. The first kappa shape index (κ1) is 40.3. The molecule has 0 aliphatic carbocycles. The summed E-state index contributed by atoms with van der Waals surface area (Å²) in [6.07, 6.45) is 0. The minimum Gasteiger partial charge on any atom is -0.123 e. The Morgan fingerprint density at radius 1 is 0.273 bits per heavy atom. The molecule has 0 unspecified atom stereocenters. The molecule has 0 N–H and O–H groups in total. The van der Waals surface area contributed by atoms with Gasteiger partial charge in [-0.2, -0.15) is 0 Å². The molecule has 4 aromatic rings. The van der Waals surface area contributed by atoms with E-state index in [0.29, 0.717) is 21.0 Å². The molecule has 44 heavy (non-hydrogen) atoms. The second-order valence-electron chi connectivity index (χ2n) is 11.9. The largest absolute Gasteiger partial charge is 0.123 e. The normalized spacial score (nSPS) is 10.5. The summed E-state index contributed by atoms with van der Waals surface area (Å²) >= 11 is 7.63. The molecular weight excluding hydrogens is 609 g/mol. The van der Waals surface area contributed by atoms with Crippen LogP contribution in [0.4, 0.5) is 0 Å². The van der Waals surface area contributed by atoms with E-state index < -0.39 is 0 Å². The van der Waals surface area contributed by atoms with E-state index in [-0.39, 0.29) is 0 Å². The molecule has 0 bridgehead atoms. The zero-order valence-electron chi connectivity index (χ0n) is 29.2. The van der Waals surface area contributed by atoms with Crippen molar-refractivity contribution in [1.29, 1.82) is 0 Å². The van der Waals surface area contributed by atoms with Crippen molar-refractivity contribution in [2.75, 3.05) is 0 Å². The van der Waals surface area contributed by atoms with E-state index >= 15 is 0 Å². The van der Waals surface area contributed by atoms with E-state index in [4.69, 9.17) is 0 Å². The van der Waals surface area contributed by atoms with E-state index in [1.54, 1.807) is 0 Å². The lowest BCUT2D eigenvalue weighted by molar-refractivity contribution is 1.11. The quantitative estimate of drug-likeness (QED) is 0.172. The summed E-state index contributed by atoms with van der Waals surface area (Å²) in [5, 5.41) is 2.71. The van der Waals surface area contributed by atoms with Crippen molar-refractivity contribution in [3.05, 3.63) is 119 Å². The molecule has 0 saturated heterocycles. The van der Waals surface area contributed by atoms with Crippen molar-refractivity contribution >= 4 is 47.0 Å². The lowest BCUT2D eigenvalue weighted by Crippen LogP contribution is -1.85. The van der Waals surface area contributed by atoms with Crippen LogP contribution < -0.4 is 0 Å². The first-order chi connectivity index (χ1) is 20.7. The van der Waals surface area contributed by atoms with Crippen molar-refractivity contribution in [2.24, 2.45) is 0 Å². The van der Waals surface area contributed by atoms with Crippen LogP contribution in [0.25, 0.3) is 0 Å². The predicted octanol–water partition coefficient (Wildman–Crippen LogP) is 14.0. The van der Waals surface area contributed by atoms with Gasteiger partial charge in [-0.15, -0.1) is 47.0 Å². The maximum atomic E-state index is 2.21. The molecule has 0 fully saturated rings. The molecule has 0 aromatic heterocycles. The van der Waals surface area contributed by atoms with Crippen molar-refractivity contribution in [3.63, 3.8) is 0 Å². The molecule has 0 aliphatic heterocycles. The van der Waals surface area contributed by atoms with Gasteiger partial charge in [0.15, 0.2) is 0 Å². The van der Waals surface area contributed by atoms with Gasteiger partial charge in [0, 0.05) is 40.6 Å². The Labute approximate surface area is 288 Å². The summed E-state index contributed by atoms with van der Waals surface area (Å²) in [5.74, 6) is 0. The third-order valence-electron chi connectivity index (χ3n) is 5.57. The molecule has 0 nitrogen and oxygen atoms in total. The fourth-order valence-electron chi connectivity index (χ4n) is 3.56. The molecule has 240 valence electrons. The molecule has 4 heteroatoms. The van der Waals surface area contributed by atoms with Crippen LogP contribution in [0.15, 0.2) is 117 Å². The molecule has 4 aromatic carbocycles.